The molecule has 1 saturated heterocycles. The molecule has 1 amide bonds. The molecule has 1 atom stereocenters. The number of likely N-dealkylation sites (N-methyl/N-ethyl adjacent to an activating group) is 1. The van der Waals surface area contributed by atoms with Crippen molar-refractivity contribution in [3.05, 3.63) is 23.8 Å². The molecule has 22 heavy (non-hydrogen) atoms. The number of hydrogen-bond donors (Lipinski definition) is 0. The Morgan fingerprint density at radius 2 is 2.00 bits per heavy atom. The van der Waals surface area contributed by atoms with Crippen molar-refractivity contribution in [1.82, 2.24) is 4.90 Å². The minimum atomic E-state index is 0.251. The summed E-state index contributed by atoms with van der Waals surface area (Å²) in [5.41, 5.74) is 1.18. The van der Waals surface area contributed by atoms with Crippen molar-refractivity contribution in [2.24, 2.45) is 0 Å². The first-order chi connectivity index (χ1) is 10.7. The standard InChI is InChI=1S/C18H25NO3/c1-3-19-12-14(11-18(19)20)13-8-9-16(21-2)17(10-13)22-15-6-4-5-7-15/h8-10,14-15H,3-7,11-12H2,1-2H3. The number of benzene rings is 1. The van der Waals surface area contributed by atoms with Crippen LogP contribution in [0, 0.1) is 0 Å². The number of carbonyl (C=O) groups is 1. The molecule has 120 valence electrons. The fraction of sp³-hybridized carbons (Fsp3) is 0.611. The summed E-state index contributed by atoms with van der Waals surface area (Å²) in [4.78, 5) is 13.9. The summed E-state index contributed by atoms with van der Waals surface area (Å²) in [5, 5.41) is 0. The lowest BCUT2D eigenvalue weighted by atomic mass is 9.98. The van der Waals surface area contributed by atoms with Crippen molar-refractivity contribution in [2.45, 2.75) is 51.0 Å². The average Bonchev–Trinajstić information content (AvgIpc) is 3.16. The van der Waals surface area contributed by atoms with Gasteiger partial charge in [-0.25, -0.2) is 0 Å². The largest absolute Gasteiger partial charge is 0.493 e. The number of carbonyl (C=O) groups excluding carboxylic acids is 1. The Bertz CT molecular complexity index is 537. The molecule has 1 aliphatic carbocycles. The molecular formula is C18H25NO3. The van der Waals surface area contributed by atoms with E-state index in [2.05, 4.69) is 12.1 Å². The number of likely N-dealkylation sites (tertiary alicyclic amines) is 1. The Balaban J connectivity index is 1.79. The van der Waals surface area contributed by atoms with Gasteiger partial charge in [-0.2, -0.15) is 0 Å². The second-order valence-electron chi connectivity index (χ2n) is 6.27. The lowest BCUT2D eigenvalue weighted by Gasteiger charge is -2.19. The molecule has 1 aromatic carbocycles. The van der Waals surface area contributed by atoms with Crippen LogP contribution in [-0.4, -0.2) is 37.1 Å². The van der Waals surface area contributed by atoms with Gasteiger partial charge in [0, 0.05) is 25.4 Å². The van der Waals surface area contributed by atoms with Crippen LogP contribution in [-0.2, 0) is 4.79 Å². The fourth-order valence-corrected chi connectivity index (χ4v) is 3.53. The van der Waals surface area contributed by atoms with Gasteiger partial charge >= 0.3 is 0 Å². The molecule has 0 aromatic heterocycles. The first-order valence-electron chi connectivity index (χ1n) is 8.33. The van der Waals surface area contributed by atoms with Crippen molar-refractivity contribution in [3.63, 3.8) is 0 Å². The maximum Gasteiger partial charge on any atom is 0.223 e. The third kappa shape index (κ3) is 3.06. The molecule has 0 N–H and O–H groups in total. The number of ether oxygens (including phenoxy) is 2. The van der Waals surface area contributed by atoms with Gasteiger partial charge in [0.05, 0.1) is 13.2 Å². The summed E-state index contributed by atoms with van der Waals surface area (Å²) in [6, 6.07) is 6.12. The van der Waals surface area contributed by atoms with Crippen LogP contribution in [0.5, 0.6) is 11.5 Å². The van der Waals surface area contributed by atoms with Crippen molar-refractivity contribution in [1.29, 1.82) is 0 Å². The highest BCUT2D eigenvalue weighted by atomic mass is 16.5. The van der Waals surface area contributed by atoms with E-state index in [0.717, 1.165) is 37.4 Å². The van der Waals surface area contributed by atoms with E-state index in [1.54, 1.807) is 7.11 Å². The monoisotopic (exact) mass is 303 g/mol. The minimum Gasteiger partial charge on any atom is -0.493 e. The van der Waals surface area contributed by atoms with Crippen LogP contribution in [0.2, 0.25) is 0 Å². The van der Waals surface area contributed by atoms with Gasteiger partial charge in [-0.05, 0) is 50.3 Å². The molecule has 1 unspecified atom stereocenters. The topological polar surface area (TPSA) is 38.8 Å². The Kier molecular flexibility index (Phi) is 4.55. The highest BCUT2D eigenvalue weighted by molar-refractivity contribution is 5.79. The zero-order valence-electron chi connectivity index (χ0n) is 13.5. The molecule has 1 aromatic rings. The number of hydrogen-bond acceptors (Lipinski definition) is 3. The molecule has 2 aliphatic rings. The Morgan fingerprint density at radius 3 is 2.64 bits per heavy atom. The summed E-state index contributed by atoms with van der Waals surface area (Å²) in [6.45, 7) is 3.63. The van der Waals surface area contributed by atoms with Crippen LogP contribution >= 0.6 is 0 Å². The van der Waals surface area contributed by atoms with Crippen LogP contribution < -0.4 is 9.47 Å². The second-order valence-corrected chi connectivity index (χ2v) is 6.27. The molecule has 2 fully saturated rings. The first kappa shape index (κ1) is 15.2. The number of amides is 1. The first-order valence-corrected chi connectivity index (χ1v) is 8.33. The van der Waals surface area contributed by atoms with Crippen molar-refractivity contribution in [2.75, 3.05) is 20.2 Å². The predicted molar refractivity (Wildman–Crippen MR) is 85.5 cm³/mol. The van der Waals surface area contributed by atoms with E-state index >= 15 is 0 Å². The van der Waals surface area contributed by atoms with Crippen LogP contribution in [0.15, 0.2) is 18.2 Å². The zero-order valence-corrected chi connectivity index (χ0v) is 13.5. The zero-order chi connectivity index (χ0) is 15.5. The van der Waals surface area contributed by atoms with Crippen LogP contribution in [0.4, 0.5) is 0 Å². The van der Waals surface area contributed by atoms with Gasteiger partial charge in [0.25, 0.3) is 0 Å². The lowest BCUT2D eigenvalue weighted by Crippen LogP contribution is -2.24. The smallest absolute Gasteiger partial charge is 0.223 e. The van der Waals surface area contributed by atoms with Crippen molar-refractivity contribution in [3.8, 4) is 11.5 Å². The van der Waals surface area contributed by atoms with E-state index in [-0.39, 0.29) is 11.8 Å². The number of methoxy groups -OCH3 is 1. The normalized spacial score (nSPS) is 22.4. The lowest BCUT2D eigenvalue weighted by molar-refractivity contribution is -0.127. The summed E-state index contributed by atoms with van der Waals surface area (Å²) in [7, 11) is 1.68. The Labute approximate surface area is 132 Å². The average molecular weight is 303 g/mol. The molecule has 0 spiro atoms. The third-order valence-electron chi connectivity index (χ3n) is 4.85. The second kappa shape index (κ2) is 6.59. The molecule has 1 aliphatic heterocycles. The van der Waals surface area contributed by atoms with Crippen molar-refractivity contribution >= 4 is 5.91 Å². The third-order valence-corrected chi connectivity index (χ3v) is 4.85. The van der Waals surface area contributed by atoms with Gasteiger partial charge in [0.2, 0.25) is 5.91 Å². The minimum absolute atomic E-state index is 0.251. The van der Waals surface area contributed by atoms with E-state index < -0.39 is 0 Å². The summed E-state index contributed by atoms with van der Waals surface area (Å²) in [5.74, 6) is 2.13. The molecule has 0 radical (unpaired) electrons. The predicted octanol–water partition coefficient (Wildman–Crippen LogP) is 3.35. The molecule has 1 heterocycles. The van der Waals surface area contributed by atoms with E-state index in [1.807, 2.05) is 17.9 Å². The van der Waals surface area contributed by atoms with Gasteiger partial charge in [-0.1, -0.05) is 6.07 Å². The van der Waals surface area contributed by atoms with Gasteiger partial charge in [-0.3, -0.25) is 4.79 Å². The van der Waals surface area contributed by atoms with Gasteiger partial charge in [0.1, 0.15) is 0 Å². The van der Waals surface area contributed by atoms with E-state index in [1.165, 1.54) is 18.4 Å². The molecule has 3 rings (SSSR count). The molecule has 0 bridgehead atoms. The van der Waals surface area contributed by atoms with Crippen LogP contribution in [0.1, 0.15) is 50.5 Å². The summed E-state index contributed by atoms with van der Waals surface area (Å²) in [6.07, 6.45) is 5.65. The van der Waals surface area contributed by atoms with Gasteiger partial charge in [-0.15, -0.1) is 0 Å². The quantitative estimate of drug-likeness (QED) is 0.837. The SMILES string of the molecule is CCN1CC(c2ccc(OC)c(OC3CCCC3)c2)CC1=O. The van der Waals surface area contributed by atoms with E-state index in [9.17, 15) is 4.79 Å². The van der Waals surface area contributed by atoms with Crippen LogP contribution in [0.25, 0.3) is 0 Å². The highest BCUT2D eigenvalue weighted by Crippen LogP contribution is 2.36. The maximum absolute atomic E-state index is 11.9. The molecule has 4 nitrogen and oxygen atoms in total. The van der Waals surface area contributed by atoms with Crippen LogP contribution in [0.3, 0.4) is 0 Å². The van der Waals surface area contributed by atoms with Gasteiger partial charge in [0.15, 0.2) is 11.5 Å². The summed E-state index contributed by atoms with van der Waals surface area (Å²) < 4.78 is 11.6. The Morgan fingerprint density at radius 1 is 1.23 bits per heavy atom. The molecule has 4 heteroatoms. The molecule has 1 saturated carbocycles. The van der Waals surface area contributed by atoms with E-state index in [4.69, 9.17) is 9.47 Å². The Hall–Kier alpha value is -1.71. The highest BCUT2D eigenvalue weighted by Gasteiger charge is 2.30. The van der Waals surface area contributed by atoms with E-state index in [0.29, 0.717) is 12.5 Å². The fourth-order valence-electron chi connectivity index (χ4n) is 3.53. The number of nitrogens with zero attached hydrogens (tertiary/aromatic N) is 1. The number of rotatable bonds is 5. The molecular weight excluding hydrogens is 278 g/mol. The summed E-state index contributed by atoms with van der Waals surface area (Å²) >= 11 is 0. The van der Waals surface area contributed by atoms with Crippen molar-refractivity contribution < 1.29 is 14.3 Å². The van der Waals surface area contributed by atoms with Gasteiger partial charge < -0.3 is 14.4 Å². The maximum atomic E-state index is 11.9.